The molecular weight excluding hydrogens is 389 g/mol. The Morgan fingerprint density at radius 2 is 2.04 bits per heavy atom. The maximum absolute atomic E-state index is 11.9. The number of aryl methyl sites for hydroxylation is 2. The molecule has 0 saturated carbocycles. The van der Waals surface area contributed by atoms with Crippen LogP contribution in [0.4, 0.5) is 28.8 Å². The number of nitrogens with one attached hydrogen (secondary N) is 2. The summed E-state index contributed by atoms with van der Waals surface area (Å²) < 4.78 is 40.4. The van der Waals surface area contributed by atoms with Crippen LogP contribution in [-0.4, -0.2) is 41.4 Å². The summed E-state index contributed by atoms with van der Waals surface area (Å²) >= 11 is 2.68. The van der Waals surface area contributed by atoms with Gasteiger partial charge in [-0.15, -0.1) is 10.2 Å². The Labute approximate surface area is 156 Å². The smallest absolute Gasteiger partial charge is 0.422 e. The van der Waals surface area contributed by atoms with Crippen molar-refractivity contribution in [1.29, 1.82) is 0 Å². The predicted molar refractivity (Wildman–Crippen MR) is 95.2 cm³/mol. The van der Waals surface area contributed by atoms with Gasteiger partial charge in [0.25, 0.3) is 0 Å². The summed E-state index contributed by atoms with van der Waals surface area (Å²) in [5.41, 5.74) is 3.28. The van der Waals surface area contributed by atoms with Crippen molar-refractivity contribution in [1.82, 2.24) is 15.5 Å². The van der Waals surface area contributed by atoms with Crippen LogP contribution < -0.4 is 10.6 Å². The van der Waals surface area contributed by atoms with Crippen LogP contribution in [0.25, 0.3) is 0 Å². The number of thioether (sulfide) groups is 1. The van der Waals surface area contributed by atoms with Crippen molar-refractivity contribution in [3.05, 3.63) is 29.3 Å². The molecule has 0 unspecified atom stereocenters. The summed E-state index contributed by atoms with van der Waals surface area (Å²) in [6.45, 7) is 2.61. The molecule has 11 heteroatoms. The fourth-order valence-corrected chi connectivity index (χ4v) is 3.45. The van der Waals surface area contributed by atoms with Gasteiger partial charge in [-0.2, -0.15) is 13.2 Å². The number of nitrogens with zero attached hydrogens (tertiary/aromatic N) is 2. The maximum atomic E-state index is 11.9. The van der Waals surface area contributed by atoms with E-state index in [2.05, 4.69) is 25.6 Å². The van der Waals surface area contributed by atoms with Gasteiger partial charge in [-0.05, 0) is 37.1 Å². The molecule has 26 heavy (non-hydrogen) atoms. The van der Waals surface area contributed by atoms with Gasteiger partial charge < -0.3 is 15.4 Å². The highest BCUT2D eigenvalue weighted by Gasteiger charge is 2.29. The first-order valence-corrected chi connectivity index (χ1v) is 9.31. The Hall–Kier alpha value is -2.01. The van der Waals surface area contributed by atoms with Crippen molar-refractivity contribution in [3.63, 3.8) is 0 Å². The molecule has 2 aromatic rings. The Kier molecular flexibility index (Phi) is 7.09. The number of ether oxygens (including phenoxy) is 1. The molecule has 0 atom stereocenters. The summed E-state index contributed by atoms with van der Waals surface area (Å²) in [4.78, 5) is 11.1. The van der Waals surface area contributed by atoms with E-state index in [1.165, 1.54) is 28.7 Å². The number of aromatic nitrogens is 2. The van der Waals surface area contributed by atoms with Crippen LogP contribution >= 0.6 is 23.1 Å². The normalized spacial score (nSPS) is 11.3. The fraction of sp³-hybridized carbons (Fsp3) is 0.400. The lowest BCUT2D eigenvalue weighted by atomic mass is 10.1. The lowest BCUT2D eigenvalue weighted by Crippen LogP contribution is -2.30. The van der Waals surface area contributed by atoms with E-state index < -0.39 is 18.9 Å². The second-order valence-corrected chi connectivity index (χ2v) is 7.58. The molecule has 0 aliphatic rings. The molecule has 1 aromatic heterocycles. The molecule has 2 rings (SSSR count). The number of carbonyl (C=O) groups excluding carboxylic acids is 1. The Balaban J connectivity index is 1.71. The molecule has 1 amide bonds. The maximum Gasteiger partial charge on any atom is 0.422 e. The van der Waals surface area contributed by atoms with Gasteiger partial charge >= 0.3 is 12.3 Å². The highest BCUT2D eigenvalue weighted by Crippen LogP contribution is 2.28. The molecule has 0 spiro atoms. The first-order chi connectivity index (χ1) is 12.2. The van der Waals surface area contributed by atoms with E-state index in [9.17, 15) is 18.0 Å². The predicted octanol–water partition coefficient (Wildman–Crippen LogP) is 4.28. The van der Waals surface area contributed by atoms with E-state index >= 15 is 0 Å². The van der Waals surface area contributed by atoms with Gasteiger partial charge in [0.1, 0.15) is 0 Å². The van der Waals surface area contributed by atoms with E-state index in [1.807, 2.05) is 32.0 Å². The minimum atomic E-state index is -4.53. The summed E-state index contributed by atoms with van der Waals surface area (Å²) in [6.07, 6.45) is -5.63. The summed E-state index contributed by atoms with van der Waals surface area (Å²) in [6, 6.07) is 5.98. The van der Waals surface area contributed by atoms with Crippen molar-refractivity contribution >= 4 is 40.0 Å². The second-order valence-electron chi connectivity index (χ2n) is 5.26. The Bertz CT molecular complexity index is 753. The molecule has 0 saturated heterocycles. The first kappa shape index (κ1) is 20.3. The number of amides is 1. The molecular formula is C15H17F3N4O2S2. The van der Waals surface area contributed by atoms with Crippen LogP contribution in [0.1, 0.15) is 11.1 Å². The minimum absolute atomic E-state index is 0.154. The quantitative estimate of drug-likeness (QED) is 0.528. The third kappa shape index (κ3) is 7.08. The van der Waals surface area contributed by atoms with Crippen molar-refractivity contribution < 1.29 is 22.7 Å². The van der Waals surface area contributed by atoms with Gasteiger partial charge in [0.05, 0.1) is 0 Å². The second kappa shape index (κ2) is 9.08. The number of rotatable bonds is 7. The molecule has 6 nitrogen and oxygen atoms in total. The van der Waals surface area contributed by atoms with E-state index in [0.717, 1.165) is 11.3 Å². The van der Waals surface area contributed by atoms with Gasteiger partial charge in [0, 0.05) is 18.0 Å². The lowest BCUT2D eigenvalue weighted by molar-refractivity contribution is -0.160. The number of benzene rings is 1. The zero-order valence-electron chi connectivity index (χ0n) is 14.0. The van der Waals surface area contributed by atoms with E-state index in [-0.39, 0.29) is 6.54 Å². The fourth-order valence-electron chi connectivity index (χ4n) is 1.75. The summed E-state index contributed by atoms with van der Waals surface area (Å²) in [5, 5.41) is 14.1. The average Bonchev–Trinajstić information content (AvgIpc) is 3.00. The first-order valence-electron chi connectivity index (χ1n) is 7.51. The van der Waals surface area contributed by atoms with Gasteiger partial charge in [-0.1, -0.05) is 29.2 Å². The third-order valence-electron chi connectivity index (χ3n) is 3.13. The number of anilines is 2. The van der Waals surface area contributed by atoms with Crippen molar-refractivity contribution in [3.8, 4) is 0 Å². The molecule has 1 aromatic carbocycles. The van der Waals surface area contributed by atoms with Crippen LogP contribution in [0.3, 0.4) is 0 Å². The standard InChI is InChI=1S/C15H17F3N4O2S2/c1-9-3-4-11(7-10(9)2)20-12-21-22-14(26-12)25-6-5-19-13(23)24-8-15(16,17)18/h3-4,7H,5-6,8H2,1-2H3,(H,19,23)(H,20,21). The van der Waals surface area contributed by atoms with E-state index in [0.29, 0.717) is 15.2 Å². The minimum Gasteiger partial charge on any atom is -0.440 e. The number of halogens is 3. The van der Waals surface area contributed by atoms with Gasteiger partial charge in [-0.25, -0.2) is 4.79 Å². The summed E-state index contributed by atoms with van der Waals surface area (Å²) in [7, 11) is 0. The number of alkyl carbamates (subject to hydrolysis) is 1. The summed E-state index contributed by atoms with van der Waals surface area (Å²) in [5.74, 6) is 0.430. The highest BCUT2D eigenvalue weighted by molar-refractivity contribution is 8.01. The molecule has 0 aliphatic carbocycles. The topological polar surface area (TPSA) is 76.1 Å². The van der Waals surface area contributed by atoms with E-state index in [1.54, 1.807) is 0 Å². The number of carbonyl (C=O) groups is 1. The van der Waals surface area contributed by atoms with Gasteiger partial charge in [0.15, 0.2) is 10.9 Å². The highest BCUT2D eigenvalue weighted by atomic mass is 32.2. The number of hydrogen-bond donors (Lipinski definition) is 2. The van der Waals surface area contributed by atoms with Crippen LogP contribution in [0.5, 0.6) is 0 Å². The SMILES string of the molecule is Cc1ccc(Nc2nnc(SCCNC(=O)OCC(F)(F)F)s2)cc1C. The van der Waals surface area contributed by atoms with Gasteiger partial charge in [0.2, 0.25) is 5.13 Å². The molecule has 0 fully saturated rings. The largest absolute Gasteiger partial charge is 0.440 e. The third-order valence-corrected chi connectivity index (χ3v) is 5.10. The zero-order chi connectivity index (χ0) is 19.2. The van der Waals surface area contributed by atoms with Crippen LogP contribution in [0.2, 0.25) is 0 Å². The molecule has 0 bridgehead atoms. The van der Waals surface area contributed by atoms with Crippen molar-refractivity contribution in [2.75, 3.05) is 24.2 Å². The van der Waals surface area contributed by atoms with Crippen LogP contribution in [0.15, 0.2) is 22.5 Å². The van der Waals surface area contributed by atoms with Crippen LogP contribution in [0, 0.1) is 13.8 Å². The van der Waals surface area contributed by atoms with E-state index in [4.69, 9.17) is 0 Å². The Morgan fingerprint density at radius 3 is 2.73 bits per heavy atom. The average molecular weight is 406 g/mol. The molecule has 142 valence electrons. The Morgan fingerprint density at radius 1 is 1.27 bits per heavy atom. The molecule has 0 aliphatic heterocycles. The van der Waals surface area contributed by atoms with Crippen molar-refractivity contribution in [2.45, 2.75) is 24.4 Å². The zero-order valence-corrected chi connectivity index (χ0v) is 15.6. The number of hydrogen-bond acceptors (Lipinski definition) is 7. The monoisotopic (exact) mass is 406 g/mol. The van der Waals surface area contributed by atoms with Gasteiger partial charge in [-0.3, -0.25) is 0 Å². The number of alkyl halides is 3. The molecule has 0 radical (unpaired) electrons. The molecule has 1 heterocycles. The van der Waals surface area contributed by atoms with Crippen LogP contribution in [-0.2, 0) is 4.74 Å². The van der Waals surface area contributed by atoms with Crippen molar-refractivity contribution in [2.24, 2.45) is 0 Å². The lowest BCUT2D eigenvalue weighted by Gasteiger charge is -2.08. The molecule has 2 N–H and O–H groups in total.